The molecule has 2 atom stereocenters. The topological polar surface area (TPSA) is 62.5 Å². The number of aryl methyl sites for hydroxylation is 1. The Kier molecular flexibility index (Phi) is 5.66. The van der Waals surface area contributed by atoms with E-state index in [9.17, 15) is 4.79 Å². The number of nitrogens with zero attached hydrogens (tertiary/aromatic N) is 4. The Balaban J connectivity index is 1.48. The van der Waals surface area contributed by atoms with Gasteiger partial charge in [-0.15, -0.1) is 0 Å². The van der Waals surface area contributed by atoms with Gasteiger partial charge in [0.1, 0.15) is 0 Å². The molecular weight excluding hydrogens is 304 g/mol. The first-order chi connectivity index (χ1) is 11.6. The van der Waals surface area contributed by atoms with Gasteiger partial charge in [-0.1, -0.05) is 17.3 Å². The van der Waals surface area contributed by atoms with E-state index in [2.05, 4.69) is 39.1 Å². The smallest absolute Gasteiger partial charge is 0.223 e. The molecule has 132 valence electrons. The van der Waals surface area contributed by atoms with Crippen molar-refractivity contribution in [1.29, 1.82) is 0 Å². The van der Waals surface area contributed by atoms with E-state index in [-0.39, 0.29) is 0 Å². The van der Waals surface area contributed by atoms with Crippen LogP contribution in [0.4, 0.5) is 0 Å². The molecule has 1 saturated heterocycles. The van der Waals surface area contributed by atoms with Crippen LogP contribution in [0.15, 0.2) is 16.7 Å². The molecule has 24 heavy (non-hydrogen) atoms. The maximum Gasteiger partial charge on any atom is 0.223 e. The Morgan fingerprint density at radius 3 is 2.96 bits per heavy atom. The lowest BCUT2D eigenvalue weighted by molar-refractivity contribution is -0.131. The third-order valence-corrected chi connectivity index (χ3v) is 5.18. The molecule has 0 radical (unpaired) electrons. The largest absolute Gasteiger partial charge is 0.343 e. The zero-order valence-corrected chi connectivity index (χ0v) is 14.8. The molecule has 1 aliphatic carbocycles. The van der Waals surface area contributed by atoms with Crippen LogP contribution in [-0.4, -0.2) is 52.0 Å². The normalized spacial score (nSPS) is 24.5. The molecule has 2 aliphatic rings. The number of hydrogen-bond acceptors (Lipinski definition) is 5. The fourth-order valence-electron chi connectivity index (χ4n) is 3.75. The highest BCUT2D eigenvalue weighted by Crippen LogP contribution is 2.23. The second-order valence-corrected chi connectivity index (χ2v) is 7.08. The predicted octanol–water partition coefficient (Wildman–Crippen LogP) is 2.55. The zero-order chi connectivity index (χ0) is 16.9. The lowest BCUT2D eigenvalue weighted by Crippen LogP contribution is -2.35. The van der Waals surface area contributed by atoms with E-state index in [0.29, 0.717) is 36.7 Å². The van der Waals surface area contributed by atoms with Gasteiger partial charge in [-0.25, -0.2) is 0 Å². The summed E-state index contributed by atoms with van der Waals surface area (Å²) in [7, 11) is 2.11. The van der Waals surface area contributed by atoms with Gasteiger partial charge in [0.15, 0.2) is 5.82 Å². The van der Waals surface area contributed by atoms with Crippen molar-refractivity contribution in [3.05, 3.63) is 23.9 Å². The highest BCUT2D eigenvalue weighted by atomic mass is 16.5. The van der Waals surface area contributed by atoms with Crippen molar-refractivity contribution in [2.24, 2.45) is 5.92 Å². The lowest BCUT2D eigenvalue weighted by atomic mass is 10.0. The molecule has 3 rings (SSSR count). The van der Waals surface area contributed by atoms with Crippen molar-refractivity contribution in [2.45, 2.75) is 58.0 Å². The van der Waals surface area contributed by atoms with Gasteiger partial charge in [0.25, 0.3) is 0 Å². The average molecular weight is 332 g/mol. The Labute approximate surface area is 143 Å². The van der Waals surface area contributed by atoms with Gasteiger partial charge in [-0.2, -0.15) is 4.98 Å². The summed E-state index contributed by atoms with van der Waals surface area (Å²) < 4.78 is 5.04. The first kappa shape index (κ1) is 17.1. The van der Waals surface area contributed by atoms with E-state index in [0.717, 1.165) is 51.0 Å². The van der Waals surface area contributed by atoms with Crippen molar-refractivity contribution >= 4 is 5.91 Å². The standard InChI is InChI=1S/C18H28N4O2/c1-14-19-17(20-24-14)13-21(2)16-8-5-10-22(11-9-16)18(23)12-15-6-3-4-7-15/h3,6,15-16H,4-5,7-13H2,1-2H3. The SMILES string of the molecule is Cc1nc(CN(C)C2CCCN(C(=O)CC3C=CCC3)CC2)no1. The first-order valence-electron chi connectivity index (χ1n) is 9.05. The molecule has 0 saturated carbocycles. The van der Waals surface area contributed by atoms with Gasteiger partial charge in [-0.05, 0) is 45.1 Å². The van der Waals surface area contributed by atoms with Crippen LogP contribution in [0.1, 0.15) is 50.2 Å². The van der Waals surface area contributed by atoms with Crippen LogP contribution >= 0.6 is 0 Å². The molecule has 1 fully saturated rings. The van der Waals surface area contributed by atoms with Crippen molar-refractivity contribution in [2.75, 3.05) is 20.1 Å². The number of carbonyl (C=O) groups excluding carboxylic acids is 1. The van der Waals surface area contributed by atoms with E-state index >= 15 is 0 Å². The van der Waals surface area contributed by atoms with Crippen molar-refractivity contribution in [3.63, 3.8) is 0 Å². The first-order valence-corrected chi connectivity index (χ1v) is 9.05. The van der Waals surface area contributed by atoms with Crippen LogP contribution < -0.4 is 0 Å². The minimum atomic E-state index is 0.323. The second kappa shape index (κ2) is 7.92. The molecule has 2 unspecified atom stereocenters. The Morgan fingerprint density at radius 2 is 2.25 bits per heavy atom. The third kappa shape index (κ3) is 4.44. The number of likely N-dealkylation sites (tertiary alicyclic amines) is 1. The molecule has 0 spiro atoms. The van der Waals surface area contributed by atoms with Gasteiger partial charge < -0.3 is 9.42 Å². The highest BCUT2D eigenvalue weighted by Gasteiger charge is 2.25. The zero-order valence-electron chi connectivity index (χ0n) is 14.8. The Hall–Kier alpha value is -1.69. The maximum atomic E-state index is 12.5. The summed E-state index contributed by atoms with van der Waals surface area (Å²) in [5.41, 5.74) is 0. The van der Waals surface area contributed by atoms with Crippen molar-refractivity contribution in [3.8, 4) is 0 Å². The number of amides is 1. The van der Waals surface area contributed by atoms with Crippen LogP contribution in [0.25, 0.3) is 0 Å². The summed E-state index contributed by atoms with van der Waals surface area (Å²) in [6, 6.07) is 0.466. The molecule has 1 aromatic heterocycles. The van der Waals surface area contributed by atoms with Gasteiger partial charge in [0, 0.05) is 32.5 Å². The predicted molar refractivity (Wildman–Crippen MR) is 91.2 cm³/mol. The Bertz CT molecular complexity index is 583. The molecule has 1 aromatic rings. The van der Waals surface area contributed by atoms with Crippen LogP contribution in [0.3, 0.4) is 0 Å². The van der Waals surface area contributed by atoms with Crippen LogP contribution in [0.5, 0.6) is 0 Å². The molecular formula is C18H28N4O2. The molecule has 1 aliphatic heterocycles. The lowest BCUT2D eigenvalue weighted by Gasteiger charge is -2.26. The average Bonchev–Trinajstić information content (AvgIpc) is 3.12. The molecule has 0 aromatic carbocycles. The van der Waals surface area contributed by atoms with Crippen LogP contribution in [0.2, 0.25) is 0 Å². The van der Waals surface area contributed by atoms with Gasteiger partial charge in [-0.3, -0.25) is 9.69 Å². The van der Waals surface area contributed by atoms with E-state index in [1.807, 2.05) is 6.92 Å². The summed E-state index contributed by atoms with van der Waals surface area (Å²) in [4.78, 5) is 21.2. The quantitative estimate of drug-likeness (QED) is 0.776. The van der Waals surface area contributed by atoms with Crippen molar-refractivity contribution < 1.29 is 9.32 Å². The van der Waals surface area contributed by atoms with Gasteiger partial charge in [0.05, 0.1) is 6.54 Å². The fraction of sp³-hybridized carbons (Fsp3) is 0.722. The molecule has 0 bridgehead atoms. The third-order valence-electron chi connectivity index (χ3n) is 5.18. The van der Waals surface area contributed by atoms with E-state index < -0.39 is 0 Å². The molecule has 2 heterocycles. The molecule has 6 nitrogen and oxygen atoms in total. The number of rotatable bonds is 5. The monoisotopic (exact) mass is 332 g/mol. The minimum absolute atomic E-state index is 0.323. The molecule has 1 amide bonds. The molecule has 6 heteroatoms. The highest BCUT2D eigenvalue weighted by molar-refractivity contribution is 5.76. The van der Waals surface area contributed by atoms with Gasteiger partial charge >= 0.3 is 0 Å². The van der Waals surface area contributed by atoms with E-state index in [1.165, 1.54) is 0 Å². The summed E-state index contributed by atoms with van der Waals surface area (Å²) in [5, 5.41) is 3.98. The number of hydrogen-bond donors (Lipinski definition) is 0. The van der Waals surface area contributed by atoms with E-state index in [4.69, 9.17) is 4.52 Å². The van der Waals surface area contributed by atoms with Crippen LogP contribution in [0, 0.1) is 12.8 Å². The van der Waals surface area contributed by atoms with Crippen molar-refractivity contribution in [1.82, 2.24) is 19.9 Å². The summed E-state index contributed by atoms with van der Waals surface area (Å²) in [6.07, 6.45) is 10.5. The minimum Gasteiger partial charge on any atom is -0.343 e. The fourth-order valence-corrected chi connectivity index (χ4v) is 3.75. The van der Waals surface area contributed by atoms with E-state index in [1.54, 1.807) is 0 Å². The maximum absolute atomic E-state index is 12.5. The molecule has 0 N–H and O–H groups in total. The van der Waals surface area contributed by atoms with Gasteiger partial charge in [0.2, 0.25) is 11.8 Å². The summed E-state index contributed by atoms with van der Waals surface area (Å²) in [5.74, 6) is 2.13. The number of carbonyl (C=O) groups is 1. The number of allylic oxidation sites excluding steroid dienone is 2. The van der Waals surface area contributed by atoms with Crippen LogP contribution in [-0.2, 0) is 11.3 Å². The number of aromatic nitrogens is 2. The summed E-state index contributed by atoms with van der Waals surface area (Å²) in [6.45, 7) is 4.25. The summed E-state index contributed by atoms with van der Waals surface area (Å²) >= 11 is 0. The Morgan fingerprint density at radius 1 is 1.38 bits per heavy atom. The second-order valence-electron chi connectivity index (χ2n) is 7.08.